The van der Waals surface area contributed by atoms with Gasteiger partial charge in [0, 0.05) is 51.3 Å². The smallest absolute Gasteiger partial charge is 0.253 e. The van der Waals surface area contributed by atoms with Crippen molar-refractivity contribution in [1.29, 1.82) is 0 Å². The van der Waals surface area contributed by atoms with Gasteiger partial charge in [-0.2, -0.15) is 0 Å². The van der Waals surface area contributed by atoms with Crippen LogP contribution in [-0.4, -0.2) is 60.9 Å². The van der Waals surface area contributed by atoms with Crippen molar-refractivity contribution in [1.82, 2.24) is 15.1 Å². The van der Waals surface area contributed by atoms with Crippen molar-refractivity contribution < 1.29 is 9.59 Å². The lowest BCUT2D eigenvalue weighted by atomic mass is 10.1. The van der Waals surface area contributed by atoms with E-state index in [4.69, 9.17) is 0 Å². The van der Waals surface area contributed by atoms with Gasteiger partial charge in [-0.25, -0.2) is 0 Å². The lowest BCUT2D eigenvalue weighted by Crippen LogP contribution is -2.47. The minimum atomic E-state index is 0.0248. The monoisotopic (exact) mass is 331 g/mol. The summed E-state index contributed by atoms with van der Waals surface area (Å²) >= 11 is 0. The zero-order valence-corrected chi connectivity index (χ0v) is 15.1. The molecule has 5 heteroatoms. The molecule has 0 unspecified atom stereocenters. The van der Waals surface area contributed by atoms with E-state index in [2.05, 4.69) is 18.3 Å². The largest absolute Gasteiger partial charge is 0.340 e. The maximum absolute atomic E-state index is 12.8. The molecule has 0 atom stereocenters. The summed E-state index contributed by atoms with van der Waals surface area (Å²) in [6.45, 7) is 10.5. The highest BCUT2D eigenvalue weighted by atomic mass is 16.2. The Morgan fingerprint density at radius 3 is 2.29 bits per heavy atom. The van der Waals surface area contributed by atoms with Crippen molar-refractivity contribution in [2.75, 3.05) is 39.3 Å². The van der Waals surface area contributed by atoms with Crippen molar-refractivity contribution in [2.24, 2.45) is 0 Å². The summed E-state index contributed by atoms with van der Waals surface area (Å²) in [5.74, 6) is 0.169. The molecule has 2 amide bonds. The van der Waals surface area contributed by atoms with Crippen LogP contribution in [0, 0.1) is 13.8 Å². The Morgan fingerprint density at radius 1 is 1.08 bits per heavy atom. The highest BCUT2D eigenvalue weighted by Crippen LogP contribution is 2.13. The molecule has 1 saturated heterocycles. The first kappa shape index (κ1) is 18.5. The van der Waals surface area contributed by atoms with Gasteiger partial charge >= 0.3 is 0 Å². The van der Waals surface area contributed by atoms with Crippen LogP contribution in [0.1, 0.15) is 41.3 Å². The number of hydrogen-bond donors (Lipinski definition) is 1. The number of benzene rings is 1. The molecule has 0 bridgehead atoms. The number of nitrogens with zero attached hydrogens (tertiary/aromatic N) is 2. The normalized spacial score (nSPS) is 14.5. The van der Waals surface area contributed by atoms with Crippen molar-refractivity contribution in [2.45, 2.75) is 33.6 Å². The Balaban J connectivity index is 1.99. The summed E-state index contributed by atoms with van der Waals surface area (Å²) in [4.78, 5) is 28.9. The number of amides is 2. The van der Waals surface area contributed by atoms with Gasteiger partial charge in [-0.1, -0.05) is 24.1 Å². The Kier molecular flexibility index (Phi) is 6.79. The molecule has 1 aliphatic heterocycles. The standard InChI is InChI=1S/C19H29N3O2/c1-4-8-22(9-5-18(23)21-10-6-20-7-11-21)19(24)17-13-15(2)12-16(3)14-17/h12-14,20H,4-11H2,1-3H3. The van der Waals surface area contributed by atoms with E-state index >= 15 is 0 Å². The minimum absolute atomic E-state index is 0.0248. The molecule has 24 heavy (non-hydrogen) atoms. The van der Waals surface area contributed by atoms with Crippen molar-refractivity contribution in [3.8, 4) is 0 Å². The second-order valence-corrected chi connectivity index (χ2v) is 6.55. The first-order valence-corrected chi connectivity index (χ1v) is 8.87. The number of hydrogen-bond acceptors (Lipinski definition) is 3. The molecule has 1 aromatic carbocycles. The highest BCUT2D eigenvalue weighted by molar-refractivity contribution is 5.95. The van der Waals surface area contributed by atoms with E-state index in [1.165, 1.54) is 0 Å². The average molecular weight is 331 g/mol. The number of carbonyl (C=O) groups is 2. The summed E-state index contributed by atoms with van der Waals surface area (Å²) in [6.07, 6.45) is 1.29. The second kappa shape index (κ2) is 8.83. The Bertz CT molecular complexity index is 560. The van der Waals surface area contributed by atoms with E-state index in [1.807, 2.05) is 35.8 Å². The average Bonchev–Trinajstić information content (AvgIpc) is 2.57. The van der Waals surface area contributed by atoms with Crippen molar-refractivity contribution in [3.63, 3.8) is 0 Å². The Hall–Kier alpha value is -1.88. The topological polar surface area (TPSA) is 52.7 Å². The van der Waals surface area contributed by atoms with E-state index in [0.29, 0.717) is 19.5 Å². The molecule has 1 aliphatic rings. The van der Waals surface area contributed by atoms with Crippen LogP contribution in [0.25, 0.3) is 0 Å². The van der Waals surface area contributed by atoms with E-state index in [-0.39, 0.29) is 11.8 Å². The van der Waals surface area contributed by atoms with Gasteiger partial charge in [0.05, 0.1) is 0 Å². The van der Waals surface area contributed by atoms with Gasteiger partial charge in [-0.15, -0.1) is 0 Å². The molecule has 0 aliphatic carbocycles. The molecule has 0 radical (unpaired) electrons. The van der Waals surface area contributed by atoms with Crippen LogP contribution in [0.5, 0.6) is 0 Å². The molecule has 0 saturated carbocycles. The highest BCUT2D eigenvalue weighted by Gasteiger charge is 2.20. The Morgan fingerprint density at radius 2 is 1.71 bits per heavy atom. The third-order valence-corrected chi connectivity index (χ3v) is 4.31. The van der Waals surface area contributed by atoms with Crippen LogP contribution < -0.4 is 5.32 Å². The summed E-state index contributed by atoms with van der Waals surface area (Å²) in [6, 6.07) is 5.92. The van der Waals surface area contributed by atoms with Crippen LogP contribution >= 0.6 is 0 Å². The molecule has 132 valence electrons. The fourth-order valence-corrected chi connectivity index (χ4v) is 3.17. The van der Waals surface area contributed by atoms with Crippen LogP contribution in [0.2, 0.25) is 0 Å². The lowest BCUT2D eigenvalue weighted by molar-refractivity contribution is -0.131. The number of nitrogens with one attached hydrogen (secondary N) is 1. The molecule has 2 rings (SSSR count). The lowest BCUT2D eigenvalue weighted by Gasteiger charge is -2.29. The molecular weight excluding hydrogens is 302 g/mol. The van der Waals surface area contributed by atoms with Crippen LogP contribution in [0.3, 0.4) is 0 Å². The number of rotatable bonds is 6. The predicted molar refractivity (Wildman–Crippen MR) is 96.2 cm³/mol. The van der Waals surface area contributed by atoms with Crippen LogP contribution in [-0.2, 0) is 4.79 Å². The zero-order chi connectivity index (χ0) is 17.5. The molecular formula is C19H29N3O2. The Labute approximate surface area is 145 Å². The van der Waals surface area contributed by atoms with E-state index < -0.39 is 0 Å². The van der Waals surface area contributed by atoms with E-state index in [1.54, 1.807) is 0 Å². The van der Waals surface area contributed by atoms with Gasteiger partial charge in [0.1, 0.15) is 0 Å². The first-order valence-electron chi connectivity index (χ1n) is 8.87. The molecule has 1 N–H and O–H groups in total. The van der Waals surface area contributed by atoms with Gasteiger partial charge in [0.2, 0.25) is 5.91 Å². The molecule has 0 aromatic heterocycles. The van der Waals surface area contributed by atoms with Gasteiger partial charge in [0.15, 0.2) is 0 Å². The van der Waals surface area contributed by atoms with Gasteiger partial charge in [0.25, 0.3) is 5.91 Å². The van der Waals surface area contributed by atoms with Crippen molar-refractivity contribution in [3.05, 3.63) is 34.9 Å². The van der Waals surface area contributed by atoms with Gasteiger partial charge in [-0.3, -0.25) is 9.59 Å². The summed E-state index contributed by atoms with van der Waals surface area (Å²) in [7, 11) is 0. The molecule has 1 heterocycles. The third kappa shape index (κ3) is 5.06. The molecule has 0 spiro atoms. The van der Waals surface area contributed by atoms with Crippen molar-refractivity contribution >= 4 is 11.8 Å². The third-order valence-electron chi connectivity index (χ3n) is 4.31. The van der Waals surface area contributed by atoms with Crippen LogP contribution in [0.15, 0.2) is 18.2 Å². The summed E-state index contributed by atoms with van der Waals surface area (Å²) < 4.78 is 0. The van der Waals surface area contributed by atoms with Gasteiger partial charge < -0.3 is 15.1 Å². The summed E-state index contributed by atoms with van der Waals surface area (Å²) in [5.41, 5.74) is 2.90. The number of carbonyl (C=O) groups excluding carboxylic acids is 2. The number of piperazine rings is 1. The fourth-order valence-electron chi connectivity index (χ4n) is 3.17. The molecule has 5 nitrogen and oxygen atoms in total. The zero-order valence-electron chi connectivity index (χ0n) is 15.1. The fraction of sp³-hybridized carbons (Fsp3) is 0.579. The molecule has 1 aromatic rings. The molecule has 1 fully saturated rings. The maximum Gasteiger partial charge on any atom is 0.253 e. The van der Waals surface area contributed by atoms with Gasteiger partial charge in [-0.05, 0) is 32.4 Å². The quantitative estimate of drug-likeness (QED) is 0.867. The SMILES string of the molecule is CCCN(CCC(=O)N1CCNCC1)C(=O)c1cc(C)cc(C)c1. The van der Waals surface area contributed by atoms with E-state index in [9.17, 15) is 9.59 Å². The maximum atomic E-state index is 12.8. The predicted octanol–water partition coefficient (Wildman–Crippen LogP) is 1.98. The summed E-state index contributed by atoms with van der Waals surface area (Å²) in [5, 5.41) is 3.25. The second-order valence-electron chi connectivity index (χ2n) is 6.55. The van der Waals surface area contributed by atoms with Crippen LogP contribution in [0.4, 0.5) is 0 Å². The first-order chi connectivity index (χ1) is 11.5. The van der Waals surface area contributed by atoms with E-state index in [0.717, 1.165) is 49.3 Å². The minimum Gasteiger partial charge on any atom is -0.340 e. The number of aryl methyl sites for hydroxylation is 2.